The molecule has 0 saturated heterocycles. The van der Waals surface area contributed by atoms with Crippen molar-refractivity contribution in [2.45, 2.75) is 52.7 Å². The van der Waals surface area contributed by atoms with E-state index in [4.69, 9.17) is 15.2 Å². The van der Waals surface area contributed by atoms with E-state index in [-0.39, 0.29) is 10.6 Å². The lowest BCUT2D eigenvalue weighted by atomic mass is 10.2. The van der Waals surface area contributed by atoms with Crippen molar-refractivity contribution in [3.8, 4) is 0 Å². The number of carbonyl (C=O) groups excluding carboxylic acids is 2. The normalized spacial score (nSPS) is 11.8. The van der Waals surface area contributed by atoms with Crippen LogP contribution in [0.5, 0.6) is 0 Å². The fraction of sp³-hybridized carbons (Fsp3) is 0.500. The van der Waals surface area contributed by atoms with Crippen LogP contribution >= 0.6 is 0 Å². The minimum Gasteiger partial charge on any atom is -0.443 e. The van der Waals surface area contributed by atoms with E-state index in [0.29, 0.717) is 0 Å². The molecule has 1 aromatic rings. The van der Waals surface area contributed by atoms with Gasteiger partial charge in [-0.2, -0.15) is 4.90 Å². The van der Waals surface area contributed by atoms with E-state index >= 15 is 0 Å². The van der Waals surface area contributed by atoms with Crippen molar-refractivity contribution in [2.75, 3.05) is 10.6 Å². The molecule has 0 atom stereocenters. The highest BCUT2D eigenvalue weighted by molar-refractivity contribution is 6.09. The van der Waals surface area contributed by atoms with Gasteiger partial charge in [-0.25, -0.2) is 18.4 Å². The van der Waals surface area contributed by atoms with Crippen molar-refractivity contribution in [2.24, 2.45) is 0 Å². The predicted octanol–water partition coefficient (Wildman–Crippen LogP) is 4.22. The molecule has 1 aromatic carbocycles. The largest absolute Gasteiger partial charge is 0.443 e. The van der Waals surface area contributed by atoms with Crippen molar-refractivity contribution < 1.29 is 27.8 Å². The van der Waals surface area contributed by atoms with E-state index in [1.165, 1.54) is 0 Å². The van der Waals surface area contributed by atoms with Gasteiger partial charge in [0.1, 0.15) is 16.9 Å². The number of amides is 2. The van der Waals surface area contributed by atoms with Gasteiger partial charge in [-0.05, 0) is 53.7 Å². The van der Waals surface area contributed by atoms with Gasteiger partial charge < -0.3 is 15.2 Å². The summed E-state index contributed by atoms with van der Waals surface area (Å²) in [6.45, 7) is 9.30. The third-order valence-electron chi connectivity index (χ3n) is 2.41. The molecule has 1 rings (SSSR count). The number of halogens is 2. The predicted molar refractivity (Wildman–Crippen MR) is 85.7 cm³/mol. The first-order valence-electron chi connectivity index (χ1n) is 7.22. The summed E-state index contributed by atoms with van der Waals surface area (Å²) in [6, 6.07) is 1.58. The third-order valence-corrected chi connectivity index (χ3v) is 2.41. The average molecular weight is 344 g/mol. The van der Waals surface area contributed by atoms with Crippen LogP contribution in [0, 0.1) is 11.6 Å². The summed E-state index contributed by atoms with van der Waals surface area (Å²) in [5, 5.41) is 0. The molecule has 0 fully saturated rings. The van der Waals surface area contributed by atoms with Gasteiger partial charge in [0.05, 0.1) is 0 Å². The molecule has 0 unspecified atom stereocenters. The quantitative estimate of drug-likeness (QED) is 0.771. The van der Waals surface area contributed by atoms with Crippen molar-refractivity contribution in [1.82, 2.24) is 0 Å². The lowest BCUT2D eigenvalue weighted by molar-refractivity contribution is 0.0427. The van der Waals surface area contributed by atoms with Crippen LogP contribution in [0.25, 0.3) is 0 Å². The molecule has 0 aliphatic rings. The number of nitrogens with zero attached hydrogens (tertiary/aromatic N) is 1. The van der Waals surface area contributed by atoms with Gasteiger partial charge in [0.15, 0.2) is 11.6 Å². The van der Waals surface area contributed by atoms with Gasteiger partial charge in [-0.3, -0.25) is 0 Å². The number of hydrogen-bond acceptors (Lipinski definition) is 5. The smallest absolute Gasteiger partial charge is 0.424 e. The maximum absolute atomic E-state index is 14.2. The molecule has 0 aromatic heterocycles. The first-order chi connectivity index (χ1) is 10.7. The van der Waals surface area contributed by atoms with Gasteiger partial charge in [0, 0.05) is 5.69 Å². The Morgan fingerprint density at radius 1 is 0.917 bits per heavy atom. The van der Waals surface area contributed by atoms with Gasteiger partial charge in [-0.1, -0.05) is 0 Å². The molecule has 134 valence electrons. The highest BCUT2D eigenvalue weighted by Crippen LogP contribution is 2.29. The fourth-order valence-corrected chi connectivity index (χ4v) is 1.67. The molecule has 2 N–H and O–H groups in total. The zero-order valence-corrected chi connectivity index (χ0v) is 14.6. The standard InChI is InChI=1S/C16H22F2N2O4/c1-15(2,3)23-13(21)20(14(22)24-16(4,5)6)12-10(17)7-9(19)8-11(12)18/h7-8H,19H2,1-6H3. The third kappa shape index (κ3) is 5.36. The Balaban J connectivity index is 3.39. The maximum atomic E-state index is 14.2. The number of nitrogens with two attached hydrogens (primary N) is 1. The number of hydrogen-bond donors (Lipinski definition) is 1. The molecule has 0 saturated carbocycles. The Kier molecular flexibility index (Phi) is 5.43. The van der Waals surface area contributed by atoms with E-state index in [0.717, 1.165) is 12.1 Å². The molecule has 0 spiro atoms. The van der Waals surface area contributed by atoms with Gasteiger partial charge in [-0.15, -0.1) is 0 Å². The van der Waals surface area contributed by atoms with Crippen molar-refractivity contribution >= 4 is 23.6 Å². The van der Waals surface area contributed by atoms with Crippen LogP contribution < -0.4 is 10.6 Å². The van der Waals surface area contributed by atoms with Gasteiger partial charge in [0.25, 0.3) is 0 Å². The van der Waals surface area contributed by atoms with Crippen LogP contribution in [0.15, 0.2) is 12.1 Å². The van der Waals surface area contributed by atoms with Crippen LogP contribution in [0.2, 0.25) is 0 Å². The zero-order chi connectivity index (χ0) is 18.9. The molecule has 0 radical (unpaired) electrons. The fourth-order valence-electron chi connectivity index (χ4n) is 1.67. The number of carbonyl (C=O) groups is 2. The zero-order valence-electron chi connectivity index (χ0n) is 14.6. The summed E-state index contributed by atoms with van der Waals surface area (Å²) in [6.07, 6.45) is -2.53. The van der Waals surface area contributed by atoms with Crippen molar-refractivity contribution in [1.29, 1.82) is 0 Å². The summed E-state index contributed by atoms with van der Waals surface area (Å²) < 4.78 is 38.4. The lowest BCUT2D eigenvalue weighted by Crippen LogP contribution is -2.44. The van der Waals surface area contributed by atoms with Crippen LogP contribution in [0.1, 0.15) is 41.5 Å². The molecular weight excluding hydrogens is 322 g/mol. The van der Waals surface area contributed by atoms with Crippen molar-refractivity contribution in [3.05, 3.63) is 23.8 Å². The van der Waals surface area contributed by atoms with E-state index < -0.39 is 40.7 Å². The van der Waals surface area contributed by atoms with Gasteiger partial charge >= 0.3 is 12.2 Å². The minimum atomic E-state index is -1.26. The van der Waals surface area contributed by atoms with Crippen molar-refractivity contribution in [3.63, 3.8) is 0 Å². The van der Waals surface area contributed by atoms with E-state index in [1.54, 1.807) is 41.5 Å². The Morgan fingerprint density at radius 2 is 1.25 bits per heavy atom. The highest BCUT2D eigenvalue weighted by atomic mass is 19.1. The Hall–Kier alpha value is -2.38. The number of rotatable bonds is 1. The SMILES string of the molecule is CC(C)(C)OC(=O)N(C(=O)OC(C)(C)C)c1c(F)cc(N)cc1F. The molecule has 6 nitrogen and oxygen atoms in total. The minimum absolute atomic E-state index is 0.181. The summed E-state index contributed by atoms with van der Waals surface area (Å²) in [5.74, 6) is -2.38. The molecule has 2 amide bonds. The molecule has 0 heterocycles. The lowest BCUT2D eigenvalue weighted by Gasteiger charge is -2.29. The Labute approximate surface area is 139 Å². The van der Waals surface area contributed by atoms with Gasteiger partial charge in [0.2, 0.25) is 0 Å². The van der Waals surface area contributed by atoms with Crippen LogP contribution in [0.4, 0.5) is 29.7 Å². The number of ether oxygens (including phenoxy) is 2. The number of nitrogen functional groups attached to an aromatic ring is 1. The summed E-state index contributed by atoms with van der Waals surface area (Å²) in [7, 11) is 0. The summed E-state index contributed by atoms with van der Waals surface area (Å²) >= 11 is 0. The molecule has 8 heteroatoms. The second-order valence-electron chi connectivity index (χ2n) is 7.13. The molecular formula is C16H22F2N2O4. The first-order valence-corrected chi connectivity index (χ1v) is 7.22. The number of imide groups is 1. The van der Waals surface area contributed by atoms with Crippen LogP contribution in [-0.4, -0.2) is 23.4 Å². The second-order valence-corrected chi connectivity index (χ2v) is 7.13. The van der Waals surface area contributed by atoms with E-state index in [9.17, 15) is 18.4 Å². The van der Waals surface area contributed by atoms with E-state index in [2.05, 4.69) is 0 Å². The van der Waals surface area contributed by atoms with Crippen LogP contribution in [0.3, 0.4) is 0 Å². The first kappa shape index (κ1) is 19.7. The number of anilines is 2. The second kappa shape index (κ2) is 6.62. The Morgan fingerprint density at radius 3 is 1.54 bits per heavy atom. The maximum Gasteiger partial charge on any atom is 0.424 e. The topological polar surface area (TPSA) is 81.9 Å². The summed E-state index contributed by atoms with van der Waals surface area (Å²) in [5.41, 5.74) is 2.28. The molecule has 24 heavy (non-hydrogen) atoms. The monoisotopic (exact) mass is 344 g/mol. The van der Waals surface area contributed by atoms with Crippen LogP contribution in [-0.2, 0) is 9.47 Å². The average Bonchev–Trinajstić information content (AvgIpc) is 2.28. The van der Waals surface area contributed by atoms with E-state index in [1.807, 2.05) is 0 Å². The summed E-state index contributed by atoms with van der Waals surface area (Å²) in [4.78, 5) is 24.8. The Bertz CT molecular complexity index is 597. The highest BCUT2D eigenvalue weighted by Gasteiger charge is 2.36. The number of benzene rings is 1. The molecule has 0 bridgehead atoms. The molecule has 0 aliphatic heterocycles. The molecule has 0 aliphatic carbocycles.